The zero-order valence-electron chi connectivity index (χ0n) is 32.0. The standard InChI is InChI=1S/C55H32N2O2/c1-3-4-21-33-30(2)58-42-28-37-50-44(31-17-7-5-8-18-31)55-51(45(32-19-9-6-10-20-32)54(50)56-39-25-14-11-22-34(39)48(46(33)42)52(37)56)38-29-43-47(36-24-13-16-27-41(36)59-43)49-35-23-12-15-26-40(35)57(55)53(38)49/h3-29H,1H2,2H3/b21-4-. The lowest BCUT2D eigenvalue weighted by Gasteiger charge is -2.15. The summed E-state index contributed by atoms with van der Waals surface area (Å²) in [6, 6.07) is 52.9. The first-order valence-corrected chi connectivity index (χ1v) is 20.2. The van der Waals surface area contributed by atoms with Crippen LogP contribution in [0.3, 0.4) is 0 Å². The normalized spacial score (nSPS) is 12.8. The Balaban J connectivity index is 1.37. The molecule has 4 nitrogen and oxygen atoms in total. The van der Waals surface area contributed by atoms with Gasteiger partial charge in [0.15, 0.2) is 0 Å². The van der Waals surface area contributed by atoms with E-state index in [4.69, 9.17) is 8.83 Å². The predicted molar refractivity (Wildman–Crippen MR) is 248 cm³/mol. The van der Waals surface area contributed by atoms with Crippen LogP contribution in [0.1, 0.15) is 11.3 Å². The summed E-state index contributed by atoms with van der Waals surface area (Å²) in [5, 5.41) is 13.1. The van der Waals surface area contributed by atoms with Crippen molar-refractivity contribution in [3.8, 4) is 22.3 Å². The van der Waals surface area contributed by atoms with E-state index in [-0.39, 0.29) is 0 Å². The first kappa shape index (κ1) is 31.3. The Morgan fingerprint density at radius 2 is 0.932 bits per heavy atom. The lowest BCUT2D eigenvalue weighted by molar-refractivity contribution is 0.578. The number of aryl methyl sites for hydroxylation is 1. The molecule has 0 radical (unpaired) electrons. The predicted octanol–water partition coefficient (Wildman–Crippen LogP) is 15.5. The highest BCUT2D eigenvalue weighted by Crippen LogP contribution is 2.56. The van der Waals surface area contributed by atoms with Crippen molar-refractivity contribution in [3.05, 3.63) is 176 Å². The van der Waals surface area contributed by atoms with Crippen molar-refractivity contribution in [1.82, 2.24) is 8.80 Å². The second kappa shape index (κ2) is 11.0. The molecule has 0 unspecified atom stereocenters. The average molecular weight is 753 g/mol. The summed E-state index contributed by atoms with van der Waals surface area (Å²) < 4.78 is 18.7. The molecule has 0 amide bonds. The number of aromatic nitrogens is 2. The number of hydrogen-bond donors (Lipinski definition) is 0. The topological polar surface area (TPSA) is 35.1 Å². The zero-order valence-corrected chi connectivity index (χ0v) is 32.0. The highest BCUT2D eigenvalue weighted by Gasteiger charge is 2.33. The molecule has 6 aromatic heterocycles. The Morgan fingerprint density at radius 1 is 0.441 bits per heavy atom. The van der Waals surface area contributed by atoms with Crippen molar-refractivity contribution >= 4 is 115 Å². The Bertz CT molecular complexity index is 4130. The zero-order chi connectivity index (χ0) is 38.7. The third kappa shape index (κ3) is 3.71. The van der Waals surface area contributed by atoms with Gasteiger partial charge in [0.05, 0.1) is 33.1 Å². The van der Waals surface area contributed by atoms with Gasteiger partial charge in [-0.3, -0.25) is 0 Å². The van der Waals surface area contributed by atoms with Crippen LogP contribution in [0.5, 0.6) is 0 Å². The van der Waals surface area contributed by atoms with E-state index in [2.05, 4.69) is 174 Å². The van der Waals surface area contributed by atoms with Gasteiger partial charge in [0.1, 0.15) is 22.5 Å². The van der Waals surface area contributed by atoms with E-state index in [0.717, 1.165) is 44.2 Å². The van der Waals surface area contributed by atoms with Gasteiger partial charge in [-0.1, -0.05) is 140 Å². The van der Waals surface area contributed by atoms with E-state index in [0.29, 0.717) is 0 Å². The Hall–Kier alpha value is -7.82. The molecule has 0 aliphatic heterocycles. The molecular formula is C55H32N2O2. The minimum absolute atomic E-state index is 0.884. The van der Waals surface area contributed by atoms with Crippen LogP contribution in [0, 0.1) is 6.92 Å². The number of hydrogen-bond acceptors (Lipinski definition) is 2. The maximum atomic E-state index is 6.80. The Morgan fingerprint density at radius 3 is 1.51 bits per heavy atom. The fourth-order valence-electron chi connectivity index (χ4n) is 10.9. The third-order valence-electron chi connectivity index (χ3n) is 13.0. The van der Waals surface area contributed by atoms with Crippen molar-refractivity contribution in [1.29, 1.82) is 0 Å². The van der Waals surface area contributed by atoms with Crippen LogP contribution in [0.25, 0.3) is 137 Å². The van der Waals surface area contributed by atoms with Crippen LogP contribution in [0.15, 0.2) is 173 Å². The largest absolute Gasteiger partial charge is 0.461 e. The summed E-state index contributed by atoms with van der Waals surface area (Å²) in [5.41, 5.74) is 15.7. The summed E-state index contributed by atoms with van der Waals surface area (Å²) in [6.07, 6.45) is 5.98. The minimum Gasteiger partial charge on any atom is -0.461 e. The first-order chi connectivity index (χ1) is 29.2. The molecule has 14 rings (SSSR count). The number of para-hydroxylation sites is 3. The molecule has 0 aliphatic rings. The lowest BCUT2D eigenvalue weighted by Crippen LogP contribution is -1.93. The molecule has 0 saturated heterocycles. The van der Waals surface area contributed by atoms with Crippen LogP contribution in [-0.4, -0.2) is 8.80 Å². The van der Waals surface area contributed by atoms with Crippen LogP contribution in [0.4, 0.5) is 0 Å². The summed E-state index contributed by atoms with van der Waals surface area (Å²) >= 11 is 0. The summed E-state index contributed by atoms with van der Waals surface area (Å²) in [5.74, 6) is 0.893. The molecule has 0 atom stereocenters. The van der Waals surface area contributed by atoms with Gasteiger partial charge in [0, 0.05) is 75.9 Å². The average Bonchev–Trinajstić information content (AvgIpc) is 4.11. The summed E-state index contributed by atoms with van der Waals surface area (Å²) in [6.45, 7) is 6.06. The molecule has 0 aliphatic carbocycles. The molecule has 8 aromatic carbocycles. The van der Waals surface area contributed by atoms with Crippen LogP contribution in [0.2, 0.25) is 0 Å². The molecule has 0 saturated carbocycles. The van der Waals surface area contributed by atoms with E-state index in [1.807, 2.05) is 12.2 Å². The van der Waals surface area contributed by atoms with Crippen LogP contribution < -0.4 is 0 Å². The third-order valence-corrected chi connectivity index (χ3v) is 13.0. The van der Waals surface area contributed by atoms with Crippen LogP contribution >= 0.6 is 0 Å². The summed E-state index contributed by atoms with van der Waals surface area (Å²) in [7, 11) is 0. The van der Waals surface area contributed by atoms with Gasteiger partial charge in [-0.2, -0.15) is 0 Å². The van der Waals surface area contributed by atoms with Crippen molar-refractivity contribution in [2.45, 2.75) is 6.92 Å². The number of fused-ring (bicyclic) bond motifs is 18. The molecule has 0 spiro atoms. The van der Waals surface area contributed by atoms with Gasteiger partial charge in [-0.15, -0.1) is 0 Å². The SMILES string of the molecule is C=C/C=C\c1c(C)oc2cc3c4c(-c5ccccc5)c5c(c(-c6ccccc6)c4n4c6ccccc6c(c12)c34)c1cc2oc3ccccc3c2c2c3ccccc3n5c12. The minimum atomic E-state index is 0.884. The monoisotopic (exact) mass is 752 g/mol. The van der Waals surface area contributed by atoms with E-state index in [1.165, 1.54) is 98.4 Å². The van der Waals surface area contributed by atoms with Crippen LogP contribution in [-0.2, 0) is 0 Å². The highest BCUT2D eigenvalue weighted by atomic mass is 16.3. The van der Waals surface area contributed by atoms with E-state index >= 15 is 0 Å². The molecule has 14 aromatic rings. The first-order valence-electron chi connectivity index (χ1n) is 20.2. The highest BCUT2D eigenvalue weighted by molar-refractivity contribution is 6.42. The number of benzene rings is 8. The lowest BCUT2D eigenvalue weighted by atomic mass is 9.89. The molecule has 59 heavy (non-hydrogen) atoms. The van der Waals surface area contributed by atoms with Crippen molar-refractivity contribution in [3.63, 3.8) is 0 Å². The second-order valence-electron chi connectivity index (χ2n) is 15.9. The smallest absolute Gasteiger partial charge is 0.136 e. The summed E-state index contributed by atoms with van der Waals surface area (Å²) in [4.78, 5) is 0. The molecule has 0 fully saturated rings. The second-order valence-corrected chi connectivity index (χ2v) is 15.9. The van der Waals surface area contributed by atoms with Gasteiger partial charge in [0.25, 0.3) is 0 Å². The molecule has 274 valence electrons. The maximum Gasteiger partial charge on any atom is 0.136 e. The van der Waals surface area contributed by atoms with Crippen molar-refractivity contribution in [2.24, 2.45) is 0 Å². The Labute approximate surface area is 336 Å². The number of nitrogens with zero attached hydrogens (tertiary/aromatic N) is 2. The molecule has 4 heteroatoms. The van der Waals surface area contributed by atoms with E-state index in [1.54, 1.807) is 0 Å². The van der Waals surface area contributed by atoms with Gasteiger partial charge >= 0.3 is 0 Å². The van der Waals surface area contributed by atoms with E-state index in [9.17, 15) is 0 Å². The maximum absolute atomic E-state index is 6.80. The number of rotatable bonds is 4. The van der Waals surface area contributed by atoms with Gasteiger partial charge in [0.2, 0.25) is 0 Å². The van der Waals surface area contributed by atoms with Gasteiger partial charge < -0.3 is 17.6 Å². The molecule has 0 N–H and O–H groups in total. The van der Waals surface area contributed by atoms with Gasteiger partial charge in [-0.05, 0) is 48.4 Å². The van der Waals surface area contributed by atoms with Crippen molar-refractivity contribution < 1.29 is 8.83 Å². The molecular weight excluding hydrogens is 721 g/mol. The fraction of sp³-hybridized carbons (Fsp3) is 0.0182. The quantitative estimate of drug-likeness (QED) is 0.168. The Kier molecular flexibility index (Phi) is 5.82. The van der Waals surface area contributed by atoms with Gasteiger partial charge in [-0.25, -0.2) is 0 Å². The van der Waals surface area contributed by atoms with Crippen molar-refractivity contribution in [2.75, 3.05) is 0 Å². The molecule has 0 bridgehead atoms. The fourth-order valence-corrected chi connectivity index (χ4v) is 10.9. The van der Waals surface area contributed by atoms with E-state index < -0.39 is 0 Å². The molecule has 6 heterocycles. The number of furan rings is 2. The number of allylic oxidation sites excluding steroid dienone is 2.